The quantitative estimate of drug-likeness (QED) is 0.554. The topological polar surface area (TPSA) is 67.9 Å². The van der Waals surface area contributed by atoms with Crippen molar-refractivity contribution in [1.82, 2.24) is 10.2 Å². The number of carbonyl (C=O) groups excluding carboxylic acids is 2. The third-order valence-corrected chi connectivity index (χ3v) is 5.72. The zero-order valence-electron chi connectivity index (χ0n) is 19.6. The summed E-state index contributed by atoms with van der Waals surface area (Å²) in [6.07, 6.45) is 5.55. The summed E-state index contributed by atoms with van der Waals surface area (Å²) in [5.41, 5.74) is 2.09. The lowest BCUT2D eigenvalue weighted by Crippen LogP contribution is -2.42. The molecule has 1 N–H and O–H groups in total. The molecule has 6 heteroatoms. The summed E-state index contributed by atoms with van der Waals surface area (Å²) in [5, 5.41) is 3.05. The molecule has 1 aliphatic heterocycles. The monoisotopic (exact) mass is 450 g/mol. The fourth-order valence-corrected chi connectivity index (χ4v) is 3.92. The molecule has 0 unspecified atom stereocenters. The first-order valence-electron chi connectivity index (χ1n) is 11.8. The predicted octanol–water partition coefficient (Wildman–Crippen LogP) is 4.09. The van der Waals surface area contributed by atoms with Gasteiger partial charge in [-0.05, 0) is 62.4 Å². The van der Waals surface area contributed by atoms with Crippen LogP contribution in [0.5, 0.6) is 11.5 Å². The van der Waals surface area contributed by atoms with Gasteiger partial charge in [-0.1, -0.05) is 36.4 Å². The second-order valence-electron chi connectivity index (χ2n) is 8.03. The molecule has 0 saturated carbocycles. The lowest BCUT2D eigenvalue weighted by atomic mass is 9.95. The van der Waals surface area contributed by atoms with Gasteiger partial charge >= 0.3 is 0 Å². The molecule has 0 aliphatic carbocycles. The van der Waals surface area contributed by atoms with Crippen LogP contribution in [0.15, 0.2) is 54.6 Å². The van der Waals surface area contributed by atoms with E-state index in [1.807, 2.05) is 73.4 Å². The zero-order chi connectivity index (χ0) is 23.5. The first-order valence-corrected chi connectivity index (χ1v) is 11.8. The number of hydrogen-bond acceptors (Lipinski definition) is 4. The van der Waals surface area contributed by atoms with E-state index in [4.69, 9.17) is 9.47 Å². The number of piperidine rings is 1. The second-order valence-corrected chi connectivity index (χ2v) is 8.03. The Morgan fingerprint density at radius 2 is 1.70 bits per heavy atom. The predicted molar refractivity (Wildman–Crippen MR) is 130 cm³/mol. The molecule has 3 rings (SSSR count). The summed E-state index contributed by atoms with van der Waals surface area (Å²) in [5.74, 6) is 1.50. The molecule has 2 aromatic carbocycles. The summed E-state index contributed by atoms with van der Waals surface area (Å²) in [6.45, 7) is 6.82. The van der Waals surface area contributed by atoms with Crippen LogP contribution >= 0.6 is 0 Å². The van der Waals surface area contributed by atoms with Crippen LogP contribution in [0.25, 0.3) is 6.08 Å². The maximum absolute atomic E-state index is 12.6. The van der Waals surface area contributed by atoms with E-state index >= 15 is 0 Å². The third kappa shape index (κ3) is 7.38. The maximum Gasteiger partial charge on any atom is 0.246 e. The fraction of sp³-hybridized carbons (Fsp3) is 0.407. The standard InChI is InChI=1S/C27H34N2O4/c1-3-32-24-12-10-22(20-25(24)33-4-2)14-17-28-27(31)23-15-18-29(19-16-23)26(30)13-11-21-8-6-5-7-9-21/h5-13,20,23H,3-4,14-19H2,1-2H3,(H,28,31)/b13-11-. The van der Waals surface area contributed by atoms with Gasteiger partial charge in [0, 0.05) is 31.6 Å². The van der Waals surface area contributed by atoms with E-state index in [1.54, 1.807) is 6.08 Å². The number of nitrogens with zero attached hydrogens (tertiary/aromatic N) is 1. The molecule has 1 aliphatic rings. The van der Waals surface area contributed by atoms with Gasteiger partial charge in [-0.15, -0.1) is 0 Å². The Labute approximate surface area is 196 Å². The lowest BCUT2D eigenvalue weighted by molar-refractivity contribution is -0.132. The van der Waals surface area contributed by atoms with E-state index in [9.17, 15) is 9.59 Å². The van der Waals surface area contributed by atoms with E-state index in [2.05, 4.69) is 5.32 Å². The highest BCUT2D eigenvalue weighted by Crippen LogP contribution is 2.28. The lowest BCUT2D eigenvalue weighted by Gasteiger charge is -2.30. The average molecular weight is 451 g/mol. The average Bonchev–Trinajstić information content (AvgIpc) is 2.85. The first-order chi connectivity index (χ1) is 16.1. The van der Waals surface area contributed by atoms with Crippen LogP contribution in [0.4, 0.5) is 0 Å². The largest absolute Gasteiger partial charge is 0.490 e. The fourth-order valence-electron chi connectivity index (χ4n) is 3.92. The van der Waals surface area contributed by atoms with Gasteiger partial charge < -0.3 is 19.7 Å². The molecule has 33 heavy (non-hydrogen) atoms. The van der Waals surface area contributed by atoms with Crippen molar-refractivity contribution in [3.05, 3.63) is 65.7 Å². The molecular weight excluding hydrogens is 416 g/mol. The van der Waals surface area contributed by atoms with Gasteiger partial charge in [-0.25, -0.2) is 0 Å². The van der Waals surface area contributed by atoms with Crippen molar-refractivity contribution < 1.29 is 19.1 Å². The van der Waals surface area contributed by atoms with Gasteiger partial charge in [-0.2, -0.15) is 0 Å². The summed E-state index contributed by atoms with van der Waals surface area (Å²) < 4.78 is 11.3. The number of amides is 2. The van der Waals surface area contributed by atoms with Crippen LogP contribution in [0, 0.1) is 5.92 Å². The Bertz CT molecular complexity index is 934. The Morgan fingerprint density at radius 1 is 1.00 bits per heavy atom. The van der Waals surface area contributed by atoms with Crippen molar-refractivity contribution >= 4 is 17.9 Å². The molecule has 0 spiro atoms. The molecule has 1 fully saturated rings. The number of likely N-dealkylation sites (tertiary alicyclic amines) is 1. The highest BCUT2D eigenvalue weighted by atomic mass is 16.5. The minimum atomic E-state index is -0.0496. The normalized spacial score (nSPS) is 14.3. The number of benzene rings is 2. The Hall–Kier alpha value is -3.28. The molecular formula is C27H34N2O4. The van der Waals surface area contributed by atoms with Crippen molar-refractivity contribution in [3.63, 3.8) is 0 Å². The summed E-state index contributed by atoms with van der Waals surface area (Å²) in [6, 6.07) is 15.7. The molecule has 0 aromatic heterocycles. The highest BCUT2D eigenvalue weighted by molar-refractivity contribution is 5.92. The Kier molecular flexibility index (Phi) is 9.36. The Balaban J connectivity index is 1.42. The smallest absolute Gasteiger partial charge is 0.246 e. The van der Waals surface area contributed by atoms with Crippen LogP contribution < -0.4 is 14.8 Å². The van der Waals surface area contributed by atoms with Crippen molar-refractivity contribution in [2.24, 2.45) is 5.92 Å². The molecule has 1 heterocycles. The number of rotatable bonds is 10. The molecule has 6 nitrogen and oxygen atoms in total. The molecule has 2 amide bonds. The van der Waals surface area contributed by atoms with Crippen LogP contribution in [0.3, 0.4) is 0 Å². The first kappa shape index (κ1) is 24.4. The molecule has 2 aromatic rings. The number of ether oxygens (including phenoxy) is 2. The molecule has 176 valence electrons. The van der Waals surface area contributed by atoms with Gasteiger partial charge in [0.05, 0.1) is 13.2 Å². The molecule has 0 bridgehead atoms. The molecule has 0 atom stereocenters. The molecule has 1 saturated heterocycles. The summed E-state index contributed by atoms with van der Waals surface area (Å²) in [4.78, 5) is 26.9. The highest BCUT2D eigenvalue weighted by Gasteiger charge is 2.26. The SMILES string of the molecule is CCOc1ccc(CCNC(=O)C2CCN(C(=O)/C=C\c3ccccc3)CC2)cc1OCC. The van der Waals surface area contributed by atoms with Crippen molar-refractivity contribution in [2.75, 3.05) is 32.8 Å². The number of nitrogens with one attached hydrogen (secondary N) is 1. The van der Waals surface area contributed by atoms with Gasteiger partial charge in [0.1, 0.15) is 0 Å². The van der Waals surface area contributed by atoms with Crippen LogP contribution in [0.2, 0.25) is 0 Å². The minimum Gasteiger partial charge on any atom is -0.490 e. The van der Waals surface area contributed by atoms with E-state index in [1.165, 1.54) is 0 Å². The van der Waals surface area contributed by atoms with Gasteiger partial charge in [0.2, 0.25) is 11.8 Å². The number of carbonyl (C=O) groups is 2. The van der Waals surface area contributed by atoms with Gasteiger partial charge in [0.25, 0.3) is 0 Å². The van der Waals surface area contributed by atoms with Crippen LogP contribution in [-0.4, -0.2) is 49.6 Å². The number of hydrogen-bond donors (Lipinski definition) is 1. The van der Waals surface area contributed by atoms with E-state index in [0.717, 1.165) is 29.0 Å². The van der Waals surface area contributed by atoms with Crippen LogP contribution in [0.1, 0.15) is 37.8 Å². The van der Waals surface area contributed by atoms with Gasteiger partial charge in [-0.3, -0.25) is 9.59 Å². The minimum absolute atomic E-state index is 0.00156. The van der Waals surface area contributed by atoms with E-state index < -0.39 is 0 Å². The summed E-state index contributed by atoms with van der Waals surface area (Å²) >= 11 is 0. The second kappa shape index (κ2) is 12.7. The maximum atomic E-state index is 12.6. The van der Waals surface area contributed by atoms with E-state index in [-0.39, 0.29) is 17.7 Å². The van der Waals surface area contributed by atoms with E-state index in [0.29, 0.717) is 45.7 Å². The molecule has 0 radical (unpaired) electrons. The van der Waals surface area contributed by atoms with Gasteiger partial charge in [0.15, 0.2) is 11.5 Å². The summed E-state index contributed by atoms with van der Waals surface area (Å²) in [7, 11) is 0. The van der Waals surface area contributed by atoms with Crippen LogP contribution in [-0.2, 0) is 16.0 Å². The van der Waals surface area contributed by atoms with Crippen molar-refractivity contribution in [2.45, 2.75) is 33.1 Å². The Morgan fingerprint density at radius 3 is 2.39 bits per heavy atom. The van der Waals surface area contributed by atoms with Crippen molar-refractivity contribution in [1.29, 1.82) is 0 Å². The third-order valence-electron chi connectivity index (χ3n) is 5.72. The van der Waals surface area contributed by atoms with Crippen molar-refractivity contribution in [3.8, 4) is 11.5 Å². The zero-order valence-corrected chi connectivity index (χ0v) is 19.6.